The second kappa shape index (κ2) is 5.09. The minimum Gasteiger partial charge on any atom is -0.382 e. The van der Waals surface area contributed by atoms with E-state index in [-0.39, 0.29) is 11.6 Å². The highest BCUT2D eigenvalue weighted by molar-refractivity contribution is 9.10. The normalized spacial score (nSPS) is 10.7. The number of halogens is 2. The number of aromatic nitrogens is 2. The SMILES string of the molecule is Nc1n[nH]c(-c2cccc(Br)c2)c1-c1ccccc1F. The van der Waals surface area contributed by atoms with Crippen molar-refractivity contribution in [2.75, 3.05) is 5.73 Å². The molecule has 0 aliphatic carbocycles. The molecule has 0 unspecified atom stereocenters. The highest BCUT2D eigenvalue weighted by Crippen LogP contribution is 2.36. The standard InChI is InChI=1S/C15H11BrFN3/c16-10-5-3-4-9(8-10)14-13(15(18)20-19-14)11-6-1-2-7-12(11)17/h1-8H,(H3,18,19,20). The monoisotopic (exact) mass is 331 g/mol. The van der Waals surface area contributed by atoms with Crippen LogP contribution in [0.15, 0.2) is 53.0 Å². The topological polar surface area (TPSA) is 54.7 Å². The third-order valence-electron chi connectivity index (χ3n) is 3.05. The number of rotatable bonds is 2. The van der Waals surface area contributed by atoms with Crippen LogP contribution in [0, 0.1) is 5.82 Å². The van der Waals surface area contributed by atoms with Crippen LogP contribution in [0.2, 0.25) is 0 Å². The second-order valence-corrected chi connectivity index (χ2v) is 5.26. The maximum atomic E-state index is 14.0. The molecule has 0 saturated heterocycles. The van der Waals surface area contributed by atoms with Gasteiger partial charge in [-0.05, 0) is 18.2 Å². The summed E-state index contributed by atoms with van der Waals surface area (Å²) in [5, 5.41) is 6.89. The average Bonchev–Trinajstić information content (AvgIpc) is 2.81. The molecular formula is C15H11BrFN3. The third-order valence-corrected chi connectivity index (χ3v) is 3.54. The Kier molecular flexibility index (Phi) is 3.28. The predicted molar refractivity (Wildman–Crippen MR) is 81.5 cm³/mol. The van der Waals surface area contributed by atoms with E-state index in [0.29, 0.717) is 16.8 Å². The van der Waals surface area contributed by atoms with E-state index < -0.39 is 0 Å². The molecule has 3 N–H and O–H groups in total. The Balaban J connectivity index is 2.23. The predicted octanol–water partition coefficient (Wildman–Crippen LogP) is 4.23. The molecule has 5 heteroatoms. The molecule has 20 heavy (non-hydrogen) atoms. The average molecular weight is 332 g/mol. The van der Waals surface area contributed by atoms with Gasteiger partial charge in [0, 0.05) is 15.6 Å². The van der Waals surface area contributed by atoms with Gasteiger partial charge in [-0.15, -0.1) is 0 Å². The van der Waals surface area contributed by atoms with Gasteiger partial charge < -0.3 is 5.73 Å². The maximum Gasteiger partial charge on any atom is 0.153 e. The fourth-order valence-corrected chi connectivity index (χ4v) is 2.54. The summed E-state index contributed by atoms with van der Waals surface area (Å²) < 4.78 is 14.9. The number of nitrogens with one attached hydrogen (secondary N) is 1. The van der Waals surface area contributed by atoms with Gasteiger partial charge in [-0.1, -0.05) is 46.3 Å². The van der Waals surface area contributed by atoms with Crippen LogP contribution in [0.4, 0.5) is 10.2 Å². The summed E-state index contributed by atoms with van der Waals surface area (Å²) in [5.41, 5.74) is 8.51. The summed E-state index contributed by atoms with van der Waals surface area (Å²) in [6.45, 7) is 0. The van der Waals surface area contributed by atoms with Crippen LogP contribution >= 0.6 is 15.9 Å². The quantitative estimate of drug-likeness (QED) is 0.738. The van der Waals surface area contributed by atoms with Crippen molar-refractivity contribution in [1.82, 2.24) is 10.2 Å². The van der Waals surface area contributed by atoms with Crippen molar-refractivity contribution in [2.45, 2.75) is 0 Å². The maximum absolute atomic E-state index is 14.0. The molecule has 0 fully saturated rings. The van der Waals surface area contributed by atoms with Gasteiger partial charge in [-0.25, -0.2) is 4.39 Å². The second-order valence-electron chi connectivity index (χ2n) is 4.35. The lowest BCUT2D eigenvalue weighted by molar-refractivity contribution is 0.631. The molecule has 0 saturated carbocycles. The Morgan fingerprint density at radius 3 is 2.65 bits per heavy atom. The van der Waals surface area contributed by atoms with Gasteiger partial charge in [0.1, 0.15) is 5.82 Å². The number of nitrogens with two attached hydrogens (primary N) is 1. The lowest BCUT2D eigenvalue weighted by Crippen LogP contribution is -1.91. The largest absolute Gasteiger partial charge is 0.382 e. The molecule has 100 valence electrons. The van der Waals surface area contributed by atoms with Crippen LogP contribution in [0.1, 0.15) is 0 Å². The molecule has 3 aromatic rings. The lowest BCUT2D eigenvalue weighted by Gasteiger charge is -2.06. The molecule has 0 amide bonds. The first kappa shape index (κ1) is 12.9. The summed E-state index contributed by atoms with van der Waals surface area (Å²) in [7, 11) is 0. The number of hydrogen-bond acceptors (Lipinski definition) is 2. The Bertz CT molecular complexity index is 767. The minimum atomic E-state index is -0.322. The van der Waals surface area contributed by atoms with Crippen molar-refractivity contribution >= 4 is 21.7 Å². The summed E-state index contributed by atoms with van der Waals surface area (Å²) in [6.07, 6.45) is 0. The summed E-state index contributed by atoms with van der Waals surface area (Å²) in [6, 6.07) is 14.2. The smallest absolute Gasteiger partial charge is 0.153 e. The molecule has 0 bridgehead atoms. The van der Waals surface area contributed by atoms with Gasteiger partial charge in [0.05, 0.1) is 11.3 Å². The number of nitrogen functional groups attached to an aromatic ring is 1. The van der Waals surface area contributed by atoms with Gasteiger partial charge in [0.25, 0.3) is 0 Å². The number of H-pyrrole nitrogens is 1. The van der Waals surface area contributed by atoms with Crippen molar-refractivity contribution < 1.29 is 4.39 Å². The van der Waals surface area contributed by atoms with Gasteiger partial charge in [0.2, 0.25) is 0 Å². The molecular weight excluding hydrogens is 321 g/mol. The summed E-state index contributed by atoms with van der Waals surface area (Å²) in [5.74, 6) is -0.0399. The molecule has 0 aliphatic heterocycles. The zero-order valence-corrected chi connectivity index (χ0v) is 12.0. The van der Waals surface area contributed by atoms with Crippen LogP contribution < -0.4 is 5.73 Å². The number of hydrogen-bond donors (Lipinski definition) is 2. The third kappa shape index (κ3) is 2.20. The molecule has 0 radical (unpaired) electrons. The van der Waals surface area contributed by atoms with E-state index in [0.717, 1.165) is 10.0 Å². The van der Waals surface area contributed by atoms with Gasteiger partial charge in [0.15, 0.2) is 5.82 Å². The lowest BCUT2D eigenvalue weighted by atomic mass is 10.0. The van der Waals surface area contributed by atoms with Crippen LogP contribution in [0.5, 0.6) is 0 Å². The van der Waals surface area contributed by atoms with Crippen molar-refractivity contribution in [3.8, 4) is 22.4 Å². The molecule has 2 aromatic carbocycles. The number of anilines is 1. The van der Waals surface area contributed by atoms with Crippen molar-refractivity contribution in [1.29, 1.82) is 0 Å². The van der Waals surface area contributed by atoms with Crippen LogP contribution in [0.3, 0.4) is 0 Å². The van der Waals surface area contributed by atoms with E-state index in [1.807, 2.05) is 24.3 Å². The fraction of sp³-hybridized carbons (Fsp3) is 0. The van der Waals surface area contributed by atoms with Crippen molar-refractivity contribution in [3.05, 3.63) is 58.8 Å². The Hall–Kier alpha value is -2.14. The van der Waals surface area contributed by atoms with E-state index in [2.05, 4.69) is 26.1 Å². The molecule has 0 aliphatic rings. The first-order valence-electron chi connectivity index (χ1n) is 6.01. The molecule has 0 atom stereocenters. The Morgan fingerprint density at radius 1 is 1.10 bits per heavy atom. The van der Waals surface area contributed by atoms with Gasteiger partial charge in [-0.2, -0.15) is 5.10 Å². The van der Waals surface area contributed by atoms with Crippen LogP contribution in [-0.4, -0.2) is 10.2 Å². The van der Waals surface area contributed by atoms with Gasteiger partial charge >= 0.3 is 0 Å². The fourth-order valence-electron chi connectivity index (χ4n) is 2.15. The Labute approximate surface area is 123 Å². The molecule has 1 heterocycles. The first-order valence-corrected chi connectivity index (χ1v) is 6.81. The summed E-state index contributed by atoms with van der Waals surface area (Å²) in [4.78, 5) is 0. The van der Waals surface area contributed by atoms with E-state index >= 15 is 0 Å². The van der Waals surface area contributed by atoms with Gasteiger partial charge in [-0.3, -0.25) is 5.10 Å². The first-order chi connectivity index (χ1) is 9.66. The van der Waals surface area contributed by atoms with E-state index in [9.17, 15) is 4.39 Å². The zero-order valence-electron chi connectivity index (χ0n) is 10.4. The zero-order chi connectivity index (χ0) is 14.1. The molecule has 1 aromatic heterocycles. The van der Waals surface area contributed by atoms with Crippen molar-refractivity contribution in [2.24, 2.45) is 0 Å². The van der Waals surface area contributed by atoms with E-state index in [1.165, 1.54) is 6.07 Å². The highest BCUT2D eigenvalue weighted by Gasteiger charge is 2.17. The molecule has 3 nitrogen and oxygen atoms in total. The van der Waals surface area contributed by atoms with Crippen LogP contribution in [-0.2, 0) is 0 Å². The summed E-state index contributed by atoms with van der Waals surface area (Å²) >= 11 is 3.42. The molecule has 3 rings (SSSR count). The number of nitrogens with zero attached hydrogens (tertiary/aromatic N) is 1. The number of benzene rings is 2. The van der Waals surface area contributed by atoms with Crippen LogP contribution in [0.25, 0.3) is 22.4 Å². The van der Waals surface area contributed by atoms with E-state index in [1.54, 1.807) is 18.2 Å². The van der Waals surface area contributed by atoms with Crippen molar-refractivity contribution in [3.63, 3.8) is 0 Å². The molecule has 0 spiro atoms. The Morgan fingerprint density at radius 2 is 1.90 bits per heavy atom. The minimum absolute atomic E-state index is 0.282. The number of aromatic amines is 1. The van der Waals surface area contributed by atoms with E-state index in [4.69, 9.17) is 5.73 Å². The highest BCUT2D eigenvalue weighted by atomic mass is 79.9.